The first kappa shape index (κ1) is 27.6. The van der Waals surface area contributed by atoms with E-state index in [0.29, 0.717) is 12.8 Å². The van der Waals surface area contributed by atoms with Crippen LogP contribution in [0.1, 0.15) is 49.4 Å². The molecule has 3 rings (SSSR count). The van der Waals surface area contributed by atoms with E-state index in [9.17, 15) is 18.9 Å². The van der Waals surface area contributed by atoms with Gasteiger partial charge >= 0.3 is 14.0 Å². The highest BCUT2D eigenvalue weighted by Gasteiger charge is 2.25. The summed E-state index contributed by atoms with van der Waals surface area (Å²) >= 11 is 0. The number of benzene rings is 2. The monoisotopic (exact) mass is 512 g/mol. The van der Waals surface area contributed by atoms with Gasteiger partial charge in [-0.25, -0.2) is 4.39 Å². The van der Waals surface area contributed by atoms with Crippen molar-refractivity contribution in [2.75, 3.05) is 12.8 Å². The second-order valence-corrected chi connectivity index (χ2v) is 10.4. The van der Waals surface area contributed by atoms with Crippen molar-refractivity contribution in [2.24, 2.45) is 0 Å². The number of halogens is 1. The zero-order valence-electron chi connectivity index (χ0n) is 20.8. The first-order chi connectivity index (χ1) is 17.2. The number of carboxylic acids is 1. The summed E-state index contributed by atoms with van der Waals surface area (Å²) in [6.45, 7) is 6.24. The van der Waals surface area contributed by atoms with E-state index in [2.05, 4.69) is 13.8 Å². The van der Waals surface area contributed by atoms with Gasteiger partial charge in [-0.05, 0) is 70.7 Å². The van der Waals surface area contributed by atoms with Crippen LogP contribution in [0.15, 0.2) is 54.6 Å². The number of aryl methyl sites for hydroxylation is 1. The highest BCUT2D eigenvalue weighted by molar-refractivity contribution is 7.39. The van der Waals surface area contributed by atoms with E-state index in [4.69, 9.17) is 14.6 Å². The number of nitrogens with zero attached hydrogens (tertiary/aromatic N) is 1. The fourth-order valence-corrected chi connectivity index (χ4v) is 5.08. The predicted octanol–water partition coefficient (Wildman–Crippen LogP) is 6.51. The molecule has 2 atom stereocenters. The molecule has 1 aromatic heterocycles. The summed E-state index contributed by atoms with van der Waals surface area (Å²) in [6, 6.07) is 16.7. The zero-order valence-corrected chi connectivity index (χ0v) is 21.7. The molecule has 1 heterocycles. The lowest BCUT2D eigenvalue weighted by Crippen LogP contribution is -2.15. The molecule has 0 aliphatic carbocycles. The zero-order chi connectivity index (χ0) is 26.2. The quantitative estimate of drug-likeness (QED) is 0.212. The highest BCUT2D eigenvalue weighted by Crippen LogP contribution is 2.36. The van der Waals surface area contributed by atoms with Crippen molar-refractivity contribution in [1.29, 1.82) is 0 Å². The maximum atomic E-state index is 13.9. The molecule has 0 aliphatic heterocycles. The van der Waals surface area contributed by atoms with Crippen LogP contribution < -0.4 is 0 Å². The van der Waals surface area contributed by atoms with Crippen LogP contribution in [0.4, 0.5) is 4.39 Å². The maximum Gasteiger partial charge on any atom is 0.510 e. The minimum Gasteiger partial charge on any atom is -0.481 e. The lowest BCUT2D eigenvalue weighted by atomic mass is 9.88. The van der Waals surface area contributed by atoms with Crippen molar-refractivity contribution in [3.63, 3.8) is 0 Å². The Balaban J connectivity index is 1.89. The molecule has 0 amide bonds. The van der Waals surface area contributed by atoms with Crippen molar-refractivity contribution in [3.05, 3.63) is 77.2 Å². The summed E-state index contributed by atoms with van der Waals surface area (Å²) in [4.78, 5) is 15.7. The predicted molar refractivity (Wildman–Crippen MR) is 139 cm³/mol. The number of pyridine rings is 1. The van der Waals surface area contributed by atoms with Gasteiger partial charge < -0.3 is 10.2 Å². The minimum absolute atomic E-state index is 0.131. The first-order valence-corrected chi connectivity index (χ1v) is 13.3. The standard InChI is InChI=1S/C28H31FNO5P/c1-18(2)28-24(10-7-13-35-36(34)17-22(31)15-27(32)33)25(23-12-11-21(29)14-19(23)3)16-26(30-28)20-8-5-4-6-9-20/h4-6,8-9,11-12,14,16,18,22,31H,7,10,13,15,17H2,1-3H3/p+1. The van der Waals surface area contributed by atoms with Gasteiger partial charge in [0.05, 0.1) is 12.1 Å². The molecule has 3 aromatic rings. The summed E-state index contributed by atoms with van der Waals surface area (Å²) in [7, 11) is -2.17. The van der Waals surface area contributed by atoms with Gasteiger partial charge in [0.25, 0.3) is 0 Å². The van der Waals surface area contributed by atoms with Gasteiger partial charge in [-0.2, -0.15) is 0 Å². The number of aliphatic hydroxyl groups excluding tert-OH is 1. The Morgan fingerprint density at radius 3 is 2.47 bits per heavy atom. The van der Waals surface area contributed by atoms with Crippen molar-refractivity contribution in [3.8, 4) is 22.4 Å². The number of carbonyl (C=O) groups is 1. The van der Waals surface area contributed by atoms with Gasteiger partial charge in [0.15, 0.2) is 0 Å². The van der Waals surface area contributed by atoms with E-state index >= 15 is 0 Å². The van der Waals surface area contributed by atoms with Gasteiger partial charge in [0, 0.05) is 11.3 Å². The van der Waals surface area contributed by atoms with Crippen LogP contribution in [0.3, 0.4) is 0 Å². The fourth-order valence-electron chi connectivity index (χ4n) is 4.16. The Bertz CT molecular complexity index is 1220. The third kappa shape index (κ3) is 7.50. The van der Waals surface area contributed by atoms with Gasteiger partial charge in [-0.15, -0.1) is 4.52 Å². The van der Waals surface area contributed by atoms with Gasteiger partial charge in [-0.3, -0.25) is 9.78 Å². The van der Waals surface area contributed by atoms with E-state index in [1.54, 1.807) is 6.07 Å². The Hall–Kier alpha value is -2.99. The molecule has 2 aromatic carbocycles. The SMILES string of the molecule is Cc1cc(F)ccc1-c1cc(-c2ccccc2)nc(C(C)C)c1CCCO[P+](=O)CC(O)CC(=O)O. The van der Waals surface area contributed by atoms with Gasteiger partial charge in [0.2, 0.25) is 6.16 Å². The third-order valence-electron chi connectivity index (χ3n) is 5.83. The molecule has 190 valence electrons. The summed E-state index contributed by atoms with van der Waals surface area (Å²) in [5, 5.41) is 18.4. The van der Waals surface area contributed by atoms with Crippen molar-refractivity contribution < 1.29 is 28.5 Å². The Kier molecular flexibility index (Phi) is 9.82. The Labute approximate surface area is 212 Å². The molecular weight excluding hydrogens is 480 g/mol. The molecule has 0 spiro atoms. The number of hydrogen-bond acceptors (Lipinski definition) is 5. The summed E-state index contributed by atoms with van der Waals surface area (Å²) < 4.78 is 31.4. The summed E-state index contributed by atoms with van der Waals surface area (Å²) in [6.07, 6.45) is -0.742. The van der Waals surface area contributed by atoms with E-state index in [0.717, 1.165) is 39.2 Å². The number of carboxylic acid groups (broad SMARTS) is 1. The number of hydrogen-bond donors (Lipinski definition) is 2. The normalized spacial score (nSPS) is 12.6. The molecule has 0 aliphatic rings. The molecule has 0 bridgehead atoms. The van der Waals surface area contributed by atoms with Crippen LogP contribution in [0.2, 0.25) is 0 Å². The first-order valence-electron chi connectivity index (χ1n) is 12.0. The van der Waals surface area contributed by atoms with Crippen LogP contribution in [-0.2, 0) is 20.3 Å². The number of aliphatic carboxylic acids is 1. The van der Waals surface area contributed by atoms with Crippen molar-refractivity contribution >= 4 is 14.0 Å². The van der Waals surface area contributed by atoms with E-state index in [-0.39, 0.29) is 24.5 Å². The Morgan fingerprint density at radius 1 is 1.11 bits per heavy atom. The van der Waals surface area contributed by atoms with Crippen molar-refractivity contribution in [1.82, 2.24) is 4.98 Å². The molecule has 0 radical (unpaired) electrons. The molecule has 8 heteroatoms. The molecule has 0 saturated carbocycles. The second kappa shape index (κ2) is 12.8. The largest absolute Gasteiger partial charge is 0.510 e. The van der Waals surface area contributed by atoms with E-state index < -0.39 is 26.5 Å². The fraction of sp³-hybridized carbons (Fsp3) is 0.357. The van der Waals surface area contributed by atoms with Crippen LogP contribution in [-0.4, -0.2) is 40.0 Å². The molecule has 0 fully saturated rings. The smallest absolute Gasteiger partial charge is 0.481 e. The Morgan fingerprint density at radius 2 is 1.83 bits per heavy atom. The lowest BCUT2D eigenvalue weighted by Gasteiger charge is -2.20. The minimum atomic E-state index is -2.17. The lowest BCUT2D eigenvalue weighted by molar-refractivity contribution is -0.138. The molecule has 2 N–H and O–H groups in total. The molecule has 2 unspecified atom stereocenters. The summed E-state index contributed by atoms with van der Waals surface area (Å²) in [5.74, 6) is -1.31. The number of aromatic nitrogens is 1. The topological polar surface area (TPSA) is 96.7 Å². The van der Waals surface area contributed by atoms with Crippen molar-refractivity contribution in [2.45, 2.75) is 52.1 Å². The van der Waals surface area contributed by atoms with E-state index in [1.807, 2.05) is 43.3 Å². The molecule has 6 nitrogen and oxygen atoms in total. The maximum absolute atomic E-state index is 13.9. The number of aliphatic hydroxyl groups is 1. The number of rotatable bonds is 12. The van der Waals surface area contributed by atoms with Crippen LogP contribution in [0, 0.1) is 12.7 Å². The van der Waals surface area contributed by atoms with E-state index in [1.165, 1.54) is 12.1 Å². The molecular formula is C28H32FNO5P+. The van der Waals surface area contributed by atoms with Crippen LogP contribution in [0.5, 0.6) is 0 Å². The average molecular weight is 513 g/mol. The highest BCUT2D eigenvalue weighted by atomic mass is 31.1. The third-order valence-corrected chi connectivity index (χ3v) is 7.02. The molecule has 36 heavy (non-hydrogen) atoms. The van der Waals surface area contributed by atoms with Gasteiger partial charge in [0.1, 0.15) is 18.5 Å². The van der Waals surface area contributed by atoms with Crippen LogP contribution >= 0.6 is 8.03 Å². The average Bonchev–Trinajstić information content (AvgIpc) is 2.81. The second-order valence-electron chi connectivity index (χ2n) is 9.10. The molecule has 0 saturated heterocycles. The van der Waals surface area contributed by atoms with Gasteiger partial charge in [-0.1, -0.05) is 50.2 Å². The van der Waals surface area contributed by atoms with Crippen LogP contribution in [0.25, 0.3) is 22.4 Å². The summed E-state index contributed by atoms with van der Waals surface area (Å²) in [5.41, 5.74) is 6.53.